The molecule has 1 amide bonds. The second-order valence-corrected chi connectivity index (χ2v) is 6.27. The van der Waals surface area contributed by atoms with Gasteiger partial charge in [-0.05, 0) is 42.5 Å². The maximum atomic E-state index is 12.1. The van der Waals surface area contributed by atoms with Crippen LogP contribution in [0.3, 0.4) is 0 Å². The van der Waals surface area contributed by atoms with E-state index in [1.165, 1.54) is 0 Å². The van der Waals surface area contributed by atoms with Crippen LogP contribution in [-0.4, -0.2) is 29.6 Å². The summed E-state index contributed by atoms with van der Waals surface area (Å²) in [6.07, 6.45) is 2.62. The van der Waals surface area contributed by atoms with E-state index in [-0.39, 0.29) is 5.91 Å². The molecule has 1 aromatic rings. The summed E-state index contributed by atoms with van der Waals surface area (Å²) in [4.78, 5) is 23.3. The molecule has 0 saturated heterocycles. The van der Waals surface area contributed by atoms with Gasteiger partial charge in [-0.15, -0.1) is 0 Å². The number of ether oxygens (including phenoxy) is 1. The van der Waals surface area contributed by atoms with Gasteiger partial charge >= 0.3 is 5.97 Å². The molecular formula is C17H23NO4. The highest BCUT2D eigenvalue weighted by molar-refractivity contribution is 5.96. The highest BCUT2D eigenvalue weighted by Gasteiger charge is 2.30. The van der Waals surface area contributed by atoms with E-state index in [1.807, 2.05) is 0 Å². The van der Waals surface area contributed by atoms with Gasteiger partial charge in [-0.1, -0.05) is 26.7 Å². The molecule has 0 aromatic heterocycles. The van der Waals surface area contributed by atoms with Gasteiger partial charge in [0.2, 0.25) is 0 Å². The number of carbonyl (C=O) groups is 2. The predicted octanol–water partition coefficient (Wildman–Crippen LogP) is 2.70. The molecule has 0 radical (unpaired) electrons. The molecule has 0 heterocycles. The first-order chi connectivity index (χ1) is 10.5. The molecule has 120 valence electrons. The van der Waals surface area contributed by atoms with E-state index in [1.54, 1.807) is 24.3 Å². The number of benzene rings is 1. The van der Waals surface area contributed by atoms with E-state index < -0.39 is 12.0 Å². The van der Waals surface area contributed by atoms with E-state index in [0.717, 1.165) is 12.8 Å². The first-order valence-corrected chi connectivity index (χ1v) is 7.72. The van der Waals surface area contributed by atoms with Crippen LogP contribution in [0.5, 0.6) is 5.75 Å². The van der Waals surface area contributed by atoms with Crippen LogP contribution in [0.4, 0.5) is 0 Å². The second-order valence-electron chi connectivity index (χ2n) is 6.27. The fraction of sp³-hybridized carbons (Fsp3) is 0.529. The Morgan fingerprint density at radius 2 is 1.91 bits per heavy atom. The van der Waals surface area contributed by atoms with E-state index >= 15 is 0 Å². The Bertz CT molecular complexity index is 520. The number of carboxylic acids is 1. The van der Waals surface area contributed by atoms with Crippen molar-refractivity contribution in [3.63, 3.8) is 0 Å². The largest absolute Gasteiger partial charge is 0.493 e. The first kappa shape index (κ1) is 16.3. The third-order valence-electron chi connectivity index (χ3n) is 3.57. The SMILES string of the molecule is CC(C)COc1ccc(C(=O)NC(CC2CC2)C(=O)O)cc1. The lowest BCUT2D eigenvalue weighted by Gasteiger charge is -2.14. The van der Waals surface area contributed by atoms with Crippen LogP contribution in [0, 0.1) is 11.8 Å². The molecule has 1 aliphatic rings. The number of rotatable bonds is 8. The van der Waals surface area contributed by atoms with E-state index in [4.69, 9.17) is 4.74 Å². The van der Waals surface area contributed by atoms with Gasteiger partial charge in [-0.25, -0.2) is 4.79 Å². The summed E-state index contributed by atoms with van der Waals surface area (Å²) in [6.45, 7) is 4.75. The molecule has 2 rings (SSSR count). The van der Waals surface area contributed by atoms with Crippen molar-refractivity contribution in [3.05, 3.63) is 29.8 Å². The van der Waals surface area contributed by atoms with Crippen molar-refractivity contribution in [2.75, 3.05) is 6.61 Å². The minimum absolute atomic E-state index is 0.358. The maximum Gasteiger partial charge on any atom is 0.326 e. The summed E-state index contributed by atoms with van der Waals surface area (Å²) in [5.74, 6) is 0.244. The van der Waals surface area contributed by atoms with E-state index in [2.05, 4.69) is 19.2 Å². The van der Waals surface area contributed by atoms with Crippen LogP contribution in [-0.2, 0) is 4.79 Å². The zero-order valence-electron chi connectivity index (χ0n) is 13.0. The molecule has 1 fully saturated rings. The fourth-order valence-electron chi connectivity index (χ4n) is 2.12. The molecule has 1 atom stereocenters. The quantitative estimate of drug-likeness (QED) is 0.774. The molecule has 1 aromatic carbocycles. The standard InChI is InChI=1S/C17H23NO4/c1-11(2)10-22-14-7-5-13(6-8-14)16(19)18-15(17(20)21)9-12-3-4-12/h5-8,11-12,15H,3-4,9-10H2,1-2H3,(H,18,19)(H,20,21). The fourth-order valence-corrected chi connectivity index (χ4v) is 2.12. The third-order valence-corrected chi connectivity index (χ3v) is 3.57. The predicted molar refractivity (Wildman–Crippen MR) is 83.0 cm³/mol. The Morgan fingerprint density at radius 3 is 2.41 bits per heavy atom. The number of aliphatic carboxylic acids is 1. The van der Waals surface area contributed by atoms with Crippen molar-refractivity contribution < 1.29 is 19.4 Å². The van der Waals surface area contributed by atoms with Crippen LogP contribution in [0.15, 0.2) is 24.3 Å². The lowest BCUT2D eigenvalue weighted by atomic mass is 10.1. The molecular weight excluding hydrogens is 282 g/mol. The molecule has 0 bridgehead atoms. The number of hydrogen-bond acceptors (Lipinski definition) is 3. The van der Waals surface area contributed by atoms with Gasteiger partial charge in [0.25, 0.3) is 5.91 Å². The van der Waals surface area contributed by atoms with Crippen LogP contribution >= 0.6 is 0 Å². The Kier molecular flexibility index (Phi) is 5.41. The number of hydrogen-bond donors (Lipinski definition) is 2. The lowest BCUT2D eigenvalue weighted by molar-refractivity contribution is -0.139. The van der Waals surface area contributed by atoms with Crippen molar-refractivity contribution in [2.24, 2.45) is 11.8 Å². The van der Waals surface area contributed by atoms with Crippen molar-refractivity contribution >= 4 is 11.9 Å². The Labute approximate surface area is 130 Å². The molecule has 0 spiro atoms. The summed E-state index contributed by atoms with van der Waals surface area (Å²) < 4.78 is 5.56. The van der Waals surface area contributed by atoms with Crippen molar-refractivity contribution in [3.8, 4) is 5.75 Å². The summed E-state index contributed by atoms with van der Waals surface area (Å²) in [7, 11) is 0. The Morgan fingerprint density at radius 1 is 1.27 bits per heavy atom. The highest BCUT2D eigenvalue weighted by atomic mass is 16.5. The van der Waals surface area contributed by atoms with Gasteiger partial charge in [-0.3, -0.25) is 4.79 Å². The van der Waals surface area contributed by atoms with Gasteiger partial charge < -0.3 is 15.2 Å². The minimum Gasteiger partial charge on any atom is -0.493 e. The number of carbonyl (C=O) groups excluding carboxylic acids is 1. The molecule has 2 N–H and O–H groups in total. The maximum absolute atomic E-state index is 12.1. The summed E-state index contributed by atoms with van der Waals surface area (Å²) in [5.41, 5.74) is 0.443. The summed E-state index contributed by atoms with van der Waals surface area (Å²) in [6, 6.07) is 5.96. The molecule has 22 heavy (non-hydrogen) atoms. The zero-order valence-corrected chi connectivity index (χ0v) is 13.0. The van der Waals surface area contributed by atoms with Gasteiger partial charge in [0.05, 0.1) is 6.61 Å². The Hall–Kier alpha value is -2.04. The zero-order chi connectivity index (χ0) is 16.1. The minimum atomic E-state index is -0.975. The lowest BCUT2D eigenvalue weighted by Crippen LogP contribution is -2.41. The normalized spacial score (nSPS) is 15.4. The molecule has 0 aliphatic heterocycles. The number of carboxylic acid groups (broad SMARTS) is 1. The molecule has 5 heteroatoms. The van der Waals surface area contributed by atoms with Gasteiger partial charge in [-0.2, -0.15) is 0 Å². The van der Waals surface area contributed by atoms with E-state index in [0.29, 0.717) is 36.2 Å². The molecule has 1 aliphatic carbocycles. The third kappa shape index (κ3) is 5.06. The summed E-state index contributed by atoms with van der Waals surface area (Å²) >= 11 is 0. The highest BCUT2D eigenvalue weighted by Crippen LogP contribution is 2.33. The average molecular weight is 305 g/mol. The molecule has 5 nitrogen and oxygen atoms in total. The van der Waals surface area contributed by atoms with Crippen molar-refractivity contribution in [2.45, 2.75) is 39.2 Å². The smallest absolute Gasteiger partial charge is 0.326 e. The van der Waals surface area contributed by atoms with Gasteiger partial charge in [0.15, 0.2) is 0 Å². The first-order valence-electron chi connectivity index (χ1n) is 7.72. The Balaban J connectivity index is 1.91. The summed E-state index contributed by atoms with van der Waals surface area (Å²) in [5, 5.41) is 11.8. The van der Waals surface area contributed by atoms with Gasteiger partial charge in [0, 0.05) is 5.56 Å². The van der Waals surface area contributed by atoms with E-state index in [9.17, 15) is 14.7 Å². The molecule has 1 unspecified atom stereocenters. The number of nitrogens with one attached hydrogen (secondary N) is 1. The molecule has 1 saturated carbocycles. The number of amides is 1. The monoisotopic (exact) mass is 305 g/mol. The van der Waals surface area contributed by atoms with Crippen LogP contribution in [0.2, 0.25) is 0 Å². The van der Waals surface area contributed by atoms with Crippen molar-refractivity contribution in [1.29, 1.82) is 0 Å². The van der Waals surface area contributed by atoms with Crippen molar-refractivity contribution in [1.82, 2.24) is 5.32 Å². The average Bonchev–Trinajstić information content (AvgIpc) is 3.28. The van der Waals surface area contributed by atoms with Crippen LogP contribution in [0.25, 0.3) is 0 Å². The van der Waals surface area contributed by atoms with Crippen LogP contribution in [0.1, 0.15) is 43.5 Å². The topological polar surface area (TPSA) is 75.6 Å². The van der Waals surface area contributed by atoms with Crippen LogP contribution < -0.4 is 10.1 Å². The second kappa shape index (κ2) is 7.29. The van der Waals surface area contributed by atoms with Gasteiger partial charge in [0.1, 0.15) is 11.8 Å².